The predicted octanol–water partition coefficient (Wildman–Crippen LogP) is 0.881. The van der Waals surface area contributed by atoms with Gasteiger partial charge < -0.3 is 15.4 Å². The SMILES string of the molecule is C[C@H](Oc1cccc(Cl)c1)C(=O)N1CC(n2cc(C(N)=O)nn2)C1. The number of hydrogen-bond donors (Lipinski definition) is 1. The average molecular weight is 350 g/mol. The number of carbonyl (C=O) groups excluding carboxylic acids is 2. The van der Waals surface area contributed by atoms with Crippen molar-refractivity contribution < 1.29 is 14.3 Å². The monoisotopic (exact) mass is 349 g/mol. The number of benzene rings is 1. The minimum absolute atomic E-state index is 0.0204. The van der Waals surface area contributed by atoms with Crippen molar-refractivity contribution in [3.8, 4) is 5.75 Å². The van der Waals surface area contributed by atoms with E-state index in [0.717, 1.165) is 0 Å². The summed E-state index contributed by atoms with van der Waals surface area (Å²) in [5.41, 5.74) is 5.25. The Bertz CT molecular complexity index is 772. The van der Waals surface area contributed by atoms with Crippen LogP contribution in [0.2, 0.25) is 5.02 Å². The normalized spacial score (nSPS) is 15.7. The van der Waals surface area contributed by atoms with Gasteiger partial charge in [-0.15, -0.1) is 5.10 Å². The molecule has 1 fully saturated rings. The molecule has 9 heteroatoms. The van der Waals surface area contributed by atoms with Crippen LogP contribution in [0.5, 0.6) is 5.75 Å². The smallest absolute Gasteiger partial charge is 0.270 e. The summed E-state index contributed by atoms with van der Waals surface area (Å²) in [7, 11) is 0. The lowest BCUT2D eigenvalue weighted by molar-refractivity contribution is -0.144. The number of nitrogens with zero attached hydrogens (tertiary/aromatic N) is 4. The molecule has 2 amide bonds. The van der Waals surface area contributed by atoms with Gasteiger partial charge in [0, 0.05) is 18.1 Å². The molecule has 2 aromatic rings. The Morgan fingerprint density at radius 1 is 1.42 bits per heavy atom. The minimum atomic E-state index is -0.628. The lowest BCUT2D eigenvalue weighted by Crippen LogP contribution is -2.54. The Hall–Kier alpha value is -2.61. The van der Waals surface area contributed by atoms with E-state index in [4.69, 9.17) is 22.1 Å². The van der Waals surface area contributed by atoms with E-state index in [-0.39, 0.29) is 17.6 Å². The first-order chi connectivity index (χ1) is 11.4. The van der Waals surface area contributed by atoms with Gasteiger partial charge in [0.2, 0.25) is 0 Å². The first-order valence-corrected chi connectivity index (χ1v) is 7.74. The van der Waals surface area contributed by atoms with Crippen molar-refractivity contribution in [2.75, 3.05) is 13.1 Å². The Morgan fingerprint density at radius 2 is 2.17 bits per heavy atom. The number of halogens is 1. The first-order valence-electron chi connectivity index (χ1n) is 7.36. The zero-order chi connectivity index (χ0) is 17.3. The van der Waals surface area contributed by atoms with Gasteiger partial charge in [0.15, 0.2) is 11.8 Å². The highest BCUT2D eigenvalue weighted by Crippen LogP contribution is 2.23. The number of carbonyl (C=O) groups is 2. The lowest BCUT2D eigenvalue weighted by Gasteiger charge is -2.40. The van der Waals surface area contributed by atoms with Gasteiger partial charge in [0.1, 0.15) is 5.75 Å². The Kier molecular flexibility index (Phi) is 4.39. The molecule has 1 aromatic heterocycles. The van der Waals surface area contributed by atoms with Gasteiger partial charge in [-0.1, -0.05) is 22.9 Å². The molecule has 2 N–H and O–H groups in total. The van der Waals surface area contributed by atoms with E-state index in [0.29, 0.717) is 23.9 Å². The standard InChI is InChI=1S/C15H16ClN5O3/c1-9(24-12-4-2-3-10(16)5-12)15(23)20-6-11(7-20)21-8-13(14(17)22)18-19-21/h2-5,8-9,11H,6-7H2,1H3,(H2,17,22)/t9-/m0/s1. The second kappa shape index (κ2) is 6.48. The summed E-state index contributed by atoms with van der Waals surface area (Å²) in [4.78, 5) is 25.0. The molecule has 1 atom stereocenters. The molecule has 1 aliphatic rings. The third kappa shape index (κ3) is 3.33. The Morgan fingerprint density at radius 3 is 2.79 bits per heavy atom. The van der Waals surface area contributed by atoms with Crippen molar-refractivity contribution in [3.63, 3.8) is 0 Å². The zero-order valence-electron chi connectivity index (χ0n) is 12.9. The summed E-state index contributed by atoms with van der Waals surface area (Å²) in [6.45, 7) is 2.64. The Balaban J connectivity index is 1.54. The van der Waals surface area contributed by atoms with E-state index in [2.05, 4.69) is 10.3 Å². The molecule has 1 aromatic carbocycles. The van der Waals surface area contributed by atoms with E-state index in [1.807, 2.05) is 0 Å². The number of ether oxygens (including phenoxy) is 1. The van der Waals surface area contributed by atoms with Gasteiger partial charge >= 0.3 is 0 Å². The number of nitrogens with two attached hydrogens (primary N) is 1. The number of amides is 2. The topological polar surface area (TPSA) is 103 Å². The first kappa shape index (κ1) is 16.3. The van der Waals surface area contributed by atoms with Crippen molar-refractivity contribution >= 4 is 23.4 Å². The highest BCUT2D eigenvalue weighted by molar-refractivity contribution is 6.30. The summed E-state index contributed by atoms with van der Waals surface area (Å²) < 4.78 is 7.17. The summed E-state index contributed by atoms with van der Waals surface area (Å²) in [6.07, 6.45) is 0.863. The summed E-state index contributed by atoms with van der Waals surface area (Å²) in [5.74, 6) is -0.207. The summed E-state index contributed by atoms with van der Waals surface area (Å²) in [5, 5.41) is 8.09. The molecule has 0 saturated carbocycles. The van der Waals surface area contributed by atoms with Gasteiger partial charge in [0.05, 0.1) is 12.2 Å². The molecule has 0 bridgehead atoms. The van der Waals surface area contributed by atoms with Crippen molar-refractivity contribution in [3.05, 3.63) is 41.2 Å². The summed E-state index contributed by atoms with van der Waals surface area (Å²) in [6, 6.07) is 6.88. The average Bonchev–Trinajstić information content (AvgIpc) is 2.95. The fourth-order valence-corrected chi connectivity index (χ4v) is 2.60. The van der Waals surface area contributed by atoms with Gasteiger partial charge in [-0.25, -0.2) is 4.68 Å². The van der Waals surface area contributed by atoms with Crippen LogP contribution >= 0.6 is 11.6 Å². The maximum Gasteiger partial charge on any atom is 0.270 e. The number of likely N-dealkylation sites (tertiary alicyclic amines) is 1. The maximum absolute atomic E-state index is 12.4. The number of hydrogen-bond acceptors (Lipinski definition) is 5. The molecule has 24 heavy (non-hydrogen) atoms. The Labute approximate surface area is 143 Å². The van der Waals surface area contributed by atoms with Crippen LogP contribution in [0.3, 0.4) is 0 Å². The molecule has 1 saturated heterocycles. The van der Waals surface area contributed by atoms with Crippen LogP contribution in [-0.4, -0.2) is 50.9 Å². The number of primary amides is 1. The van der Waals surface area contributed by atoms with E-state index < -0.39 is 12.0 Å². The van der Waals surface area contributed by atoms with Gasteiger partial charge in [0.25, 0.3) is 11.8 Å². The zero-order valence-corrected chi connectivity index (χ0v) is 13.7. The third-order valence-corrected chi connectivity index (χ3v) is 4.00. The molecular formula is C15H16ClN5O3. The van der Waals surface area contributed by atoms with Gasteiger partial charge in [-0.05, 0) is 25.1 Å². The van der Waals surface area contributed by atoms with Gasteiger partial charge in [-0.3, -0.25) is 9.59 Å². The van der Waals surface area contributed by atoms with Crippen LogP contribution in [0.4, 0.5) is 0 Å². The molecule has 0 unspecified atom stereocenters. The molecule has 8 nitrogen and oxygen atoms in total. The minimum Gasteiger partial charge on any atom is -0.481 e. The van der Waals surface area contributed by atoms with Crippen molar-refractivity contribution in [1.82, 2.24) is 19.9 Å². The van der Waals surface area contributed by atoms with Crippen LogP contribution in [0.1, 0.15) is 23.5 Å². The van der Waals surface area contributed by atoms with Crippen LogP contribution in [-0.2, 0) is 4.79 Å². The molecule has 2 heterocycles. The van der Waals surface area contributed by atoms with Gasteiger partial charge in [-0.2, -0.15) is 0 Å². The van der Waals surface area contributed by atoms with Crippen molar-refractivity contribution in [1.29, 1.82) is 0 Å². The van der Waals surface area contributed by atoms with E-state index in [1.165, 1.54) is 6.20 Å². The number of rotatable bonds is 5. The molecule has 3 rings (SSSR count). The maximum atomic E-state index is 12.4. The van der Waals surface area contributed by atoms with E-state index in [9.17, 15) is 9.59 Å². The summed E-state index contributed by atoms with van der Waals surface area (Å²) >= 11 is 5.90. The lowest BCUT2D eigenvalue weighted by atomic mass is 10.1. The molecular weight excluding hydrogens is 334 g/mol. The van der Waals surface area contributed by atoms with Crippen molar-refractivity contribution in [2.45, 2.75) is 19.1 Å². The second-order valence-electron chi connectivity index (χ2n) is 5.56. The molecule has 0 spiro atoms. The largest absolute Gasteiger partial charge is 0.481 e. The van der Waals surface area contributed by atoms with Crippen LogP contribution in [0, 0.1) is 0 Å². The second-order valence-corrected chi connectivity index (χ2v) is 6.00. The van der Waals surface area contributed by atoms with Crippen LogP contribution in [0.25, 0.3) is 0 Å². The fraction of sp³-hybridized carbons (Fsp3) is 0.333. The van der Waals surface area contributed by atoms with E-state index >= 15 is 0 Å². The van der Waals surface area contributed by atoms with Crippen molar-refractivity contribution in [2.24, 2.45) is 5.73 Å². The third-order valence-electron chi connectivity index (χ3n) is 3.77. The molecule has 0 aliphatic carbocycles. The van der Waals surface area contributed by atoms with Crippen LogP contribution < -0.4 is 10.5 Å². The predicted molar refractivity (Wildman–Crippen MR) is 85.7 cm³/mol. The fourth-order valence-electron chi connectivity index (χ4n) is 2.42. The highest BCUT2D eigenvalue weighted by atomic mass is 35.5. The van der Waals surface area contributed by atoms with E-state index in [1.54, 1.807) is 40.8 Å². The molecule has 1 aliphatic heterocycles. The molecule has 126 valence electrons. The highest BCUT2D eigenvalue weighted by Gasteiger charge is 2.35. The quantitative estimate of drug-likeness (QED) is 0.863. The molecule has 0 radical (unpaired) electrons. The van der Waals surface area contributed by atoms with Crippen LogP contribution in [0.15, 0.2) is 30.5 Å². The number of aromatic nitrogens is 3.